The number of piperazine rings is 1. The summed E-state index contributed by atoms with van der Waals surface area (Å²) in [5.41, 5.74) is 3.28. The number of ether oxygens (including phenoxy) is 1. The van der Waals surface area contributed by atoms with Gasteiger partial charge in [-0.05, 0) is 42.1 Å². The van der Waals surface area contributed by atoms with Gasteiger partial charge in [0.05, 0.1) is 4.88 Å². The van der Waals surface area contributed by atoms with E-state index in [-0.39, 0.29) is 5.91 Å². The molecule has 1 aliphatic heterocycles. The van der Waals surface area contributed by atoms with Gasteiger partial charge >= 0.3 is 0 Å². The van der Waals surface area contributed by atoms with Gasteiger partial charge in [-0.3, -0.25) is 9.69 Å². The Hall–Kier alpha value is -2.60. The van der Waals surface area contributed by atoms with E-state index in [0.29, 0.717) is 6.61 Å². The summed E-state index contributed by atoms with van der Waals surface area (Å²) in [5.74, 6) is 0.957. The van der Waals surface area contributed by atoms with Gasteiger partial charge in [0.15, 0.2) is 0 Å². The van der Waals surface area contributed by atoms with Gasteiger partial charge in [0, 0.05) is 48.9 Å². The van der Waals surface area contributed by atoms with Crippen LogP contribution >= 0.6 is 22.9 Å². The molecule has 4 rings (SSSR count). The lowest BCUT2D eigenvalue weighted by Gasteiger charge is -2.34. The van der Waals surface area contributed by atoms with Crippen molar-refractivity contribution in [3.63, 3.8) is 0 Å². The van der Waals surface area contributed by atoms with Gasteiger partial charge in [0.2, 0.25) is 0 Å². The number of allylic oxidation sites excluding steroid dienone is 1. The van der Waals surface area contributed by atoms with Crippen molar-refractivity contribution in [2.45, 2.75) is 20.1 Å². The lowest BCUT2D eigenvalue weighted by molar-refractivity contribution is 0.0633. The van der Waals surface area contributed by atoms with Crippen molar-refractivity contribution in [2.24, 2.45) is 0 Å². The highest BCUT2D eigenvalue weighted by atomic mass is 35.5. The molecule has 0 bridgehead atoms. The zero-order chi connectivity index (χ0) is 22.3. The molecule has 0 unspecified atom stereocenters. The number of nitrogens with zero attached hydrogens (tertiary/aromatic N) is 2. The maximum Gasteiger partial charge on any atom is 0.264 e. The second-order valence-corrected chi connectivity index (χ2v) is 9.19. The van der Waals surface area contributed by atoms with Crippen molar-refractivity contribution in [2.75, 3.05) is 26.2 Å². The zero-order valence-electron chi connectivity index (χ0n) is 18.2. The van der Waals surface area contributed by atoms with Gasteiger partial charge in [-0.1, -0.05) is 54.1 Å². The van der Waals surface area contributed by atoms with Crippen molar-refractivity contribution in [1.29, 1.82) is 0 Å². The van der Waals surface area contributed by atoms with E-state index < -0.39 is 0 Å². The van der Waals surface area contributed by atoms with Crippen LogP contribution in [0, 0.1) is 0 Å². The standard InChI is InChI=1S/C26H27ClN2O2S/c1-2-6-22-8-3-4-10-24(22)31-18-21-16-25(32-19-21)26(30)29-13-11-28(12-14-29)17-20-7-5-9-23(27)15-20/h2-10,15-16,19H,11-14,17-18H2,1H3/b6-2+. The molecule has 166 valence electrons. The summed E-state index contributed by atoms with van der Waals surface area (Å²) in [5, 5.41) is 2.78. The molecule has 1 aliphatic rings. The maximum absolute atomic E-state index is 13.0. The highest BCUT2D eigenvalue weighted by Gasteiger charge is 2.23. The van der Waals surface area contributed by atoms with Gasteiger partial charge in [-0.15, -0.1) is 11.3 Å². The molecule has 1 fully saturated rings. The summed E-state index contributed by atoms with van der Waals surface area (Å²) in [4.78, 5) is 18.1. The van der Waals surface area contributed by atoms with Gasteiger partial charge in [0.1, 0.15) is 12.4 Å². The molecular weight excluding hydrogens is 440 g/mol. The van der Waals surface area contributed by atoms with E-state index >= 15 is 0 Å². The predicted molar refractivity (Wildman–Crippen MR) is 132 cm³/mol. The average molecular weight is 467 g/mol. The molecule has 1 saturated heterocycles. The van der Waals surface area contributed by atoms with E-state index in [4.69, 9.17) is 16.3 Å². The van der Waals surface area contributed by atoms with Crippen molar-refractivity contribution in [1.82, 2.24) is 9.80 Å². The van der Waals surface area contributed by atoms with E-state index in [2.05, 4.69) is 11.0 Å². The van der Waals surface area contributed by atoms with Crippen molar-refractivity contribution in [3.05, 3.63) is 92.6 Å². The minimum atomic E-state index is 0.109. The number of carbonyl (C=O) groups is 1. The Labute approximate surface area is 198 Å². The van der Waals surface area contributed by atoms with Crippen LogP contribution < -0.4 is 4.74 Å². The van der Waals surface area contributed by atoms with Crippen LogP contribution in [0.15, 0.2) is 66.1 Å². The van der Waals surface area contributed by atoms with E-state index in [1.54, 1.807) is 0 Å². The number of amides is 1. The van der Waals surface area contributed by atoms with Crippen molar-refractivity contribution < 1.29 is 9.53 Å². The number of halogens is 1. The van der Waals surface area contributed by atoms with Gasteiger partial charge in [-0.25, -0.2) is 0 Å². The first-order valence-corrected chi connectivity index (χ1v) is 12.1. The fourth-order valence-corrected chi connectivity index (χ4v) is 4.89. The molecule has 6 heteroatoms. The number of benzene rings is 2. The van der Waals surface area contributed by atoms with Crippen LogP contribution in [0.25, 0.3) is 6.08 Å². The molecule has 4 nitrogen and oxygen atoms in total. The molecule has 32 heavy (non-hydrogen) atoms. The Bertz CT molecular complexity index is 1090. The Morgan fingerprint density at radius 3 is 2.66 bits per heavy atom. The highest BCUT2D eigenvalue weighted by Crippen LogP contribution is 2.23. The van der Waals surface area contributed by atoms with Crippen molar-refractivity contribution >= 4 is 34.9 Å². The first-order valence-electron chi connectivity index (χ1n) is 10.8. The lowest BCUT2D eigenvalue weighted by atomic mass is 10.2. The first-order chi connectivity index (χ1) is 15.6. The third-order valence-corrected chi connectivity index (χ3v) is 6.68. The monoisotopic (exact) mass is 466 g/mol. The average Bonchev–Trinajstić information content (AvgIpc) is 3.28. The summed E-state index contributed by atoms with van der Waals surface area (Å²) in [6.07, 6.45) is 4.03. The smallest absolute Gasteiger partial charge is 0.264 e. The molecule has 2 aromatic carbocycles. The second-order valence-electron chi connectivity index (χ2n) is 7.84. The van der Waals surface area contributed by atoms with Gasteiger partial charge in [0.25, 0.3) is 5.91 Å². The Kier molecular flexibility index (Phi) is 7.63. The Morgan fingerprint density at radius 2 is 1.88 bits per heavy atom. The normalized spacial score (nSPS) is 14.8. The molecule has 0 saturated carbocycles. The topological polar surface area (TPSA) is 32.8 Å². The largest absolute Gasteiger partial charge is 0.488 e. The fourth-order valence-electron chi connectivity index (χ4n) is 3.81. The van der Waals surface area contributed by atoms with Crippen LogP contribution in [-0.2, 0) is 13.2 Å². The van der Waals surface area contributed by atoms with E-state index in [1.165, 1.54) is 16.9 Å². The second kappa shape index (κ2) is 10.8. The van der Waals surface area contributed by atoms with Crippen LogP contribution in [0.1, 0.15) is 33.3 Å². The number of thiophene rings is 1. The van der Waals surface area contributed by atoms with Crippen LogP contribution in [0.3, 0.4) is 0 Å². The van der Waals surface area contributed by atoms with Crippen LogP contribution in [0.4, 0.5) is 0 Å². The SMILES string of the molecule is C/C=C/c1ccccc1OCc1csc(C(=O)N2CCN(Cc3cccc(Cl)c3)CC2)c1. The number of para-hydroxylation sites is 1. The fraction of sp³-hybridized carbons (Fsp3) is 0.269. The molecule has 0 N–H and O–H groups in total. The third-order valence-electron chi connectivity index (χ3n) is 5.48. The summed E-state index contributed by atoms with van der Waals surface area (Å²) < 4.78 is 6.01. The number of hydrogen-bond donors (Lipinski definition) is 0. The Morgan fingerprint density at radius 1 is 1.06 bits per heavy atom. The third kappa shape index (κ3) is 5.80. The van der Waals surface area contributed by atoms with Gasteiger partial charge in [-0.2, -0.15) is 0 Å². The van der Waals surface area contributed by atoms with Crippen LogP contribution in [0.2, 0.25) is 5.02 Å². The Balaban J connectivity index is 1.29. The molecule has 3 aromatic rings. The number of hydrogen-bond acceptors (Lipinski definition) is 4. The summed E-state index contributed by atoms with van der Waals surface area (Å²) in [6, 6.07) is 17.9. The highest BCUT2D eigenvalue weighted by molar-refractivity contribution is 7.12. The molecule has 1 aromatic heterocycles. The van der Waals surface area contributed by atoms with Crippen molar-refractivity contribution in [3.8, 4) is 5.75 Å². The number of rotatable bonds is 7. The molecule has 0 atom stereocenters. The first kappa shape index (κ1) is 22.6. The van der Waals surface area contributed by atoms with Gasteiger partial charge < -0.3 is 9.64 Å². The lowest BCUT2D eigenvalue weighted by Crippen LogP contribution is -2.48. The van der Waals surface area contributed by atoms with E-state index in [1.807, 2.05) is 77.9 Å². The molecule has 0 spiro atoms. The molecule has 2 heterocycles. The van der Waals surface area contributed by atoms with Crippen LogP contribution in [-0.4, -0.2) is 41.9 Å². The quantitative estimate of drug-likeness (QED) is 0.430. The molecule has 0 radical (unpaired) electrons. The van der Waals surface area contributed by atoms with E-state index in [9.17, 15) is 4.79 Å². The number of carbonyl (C=O) groups excluding carboxylic acids is 1. The zero-order valence-corrected chi connectivity index (χ0v) is 19.7. The molecule has 1 amide bonds. The summed E-state index contributed by atoms with van der Waals surface area (Å²) >= 11 is 7.59. The molecular formula is C26H27ClN2O2S. The molecule has 0 aliphatic carbocycles. The maximum atomic E-state index is 13.0. The predicted octanol–water partition coefficient (Wildman–Crippen LogP) is 5.97. The minimum absolute atomic E-state index is 0.109. The van der Waals surface area contributed by atoms with Crippen LogP contribution in [0.5, 0.6) is 5.75 Å². The summed E-state index contributed by atoms with van der Waals surface area (Å²) in [6.45, 7) is 6.50. The van der Waals surface area contributed by atoms with E-state index in [0.717, 1.165) is 59.5 Å². The minimum Gasteiger partial charge on any atom is -0.488 e. The summed E-state index contributed by atoms with van der Waals surface area (Å²) in [7, 11) is 0.